The van der Waals surface area contributed by atoms with Gasteiger partial charge in [0.25, 0.3) is 0 Å². The van der Waals surface area contributed by atoms with Crippen LogP contribution in [0.15, 0.2) is 22.7 Å². The lowest BCUT2D eigenvalue weighted by Crippen LogP contribution is -1.95. The highest BCUT2D eigenvalue weighted by atomic mass is 79.9. The number of para-hydroxylation sites is 1. The molecule has 0 amide bonds. The van der Waals surface area contributed by atoms with Crippen LogP contribution in [0.1, 0.15) is 37.4 Å². The normalized spacial score (nSPS) is 16.3. The number of benzene rings is 1. The van der Waals surface area contributed by atoms with E-state index in [9.17, 15) is 0 Å². The van der Waals surface area contributed by atoms with Gasteiger partial charge in [0.15, 0.2) is 5.82 Å². The van der Waals surface area contributed by atoms with Crippen LogP contribution in [0.2, 0.25) is 0 Å². The Hall–Kier alpha value is -1.36. The van der Waals surface area contributed by atoms with E-state index in [0.29, 0.717) is 17.4 Å². The summed E-state index contributed by atoms with van der Waals surface area (Å²) in [6.45, 7) is 0. The van der Waals surface area contributed by atoms with Gasteiger partial charge in [-0.15, -0.1) is 0 Å². The van der Waals surface area contributed by atoms with Crippen LogP contribution >= 0.6 is 15.9 Å². The Morgan fingerprint density at radius 1 is 1.28 bits per heavy atom. The summed E-state index contributed by atoms with van der Waals surface area (Å²) in [6.07, 6.45) is 5.00. The van der Waals surface area contributed by atoms with E-state index in [0.717, 1.165) is 15.9 Å². The fraction of sp³-hybridized carbons (Fsp3) is 0.385. The molecule has 1 heterocycles. The van der Waals surface area contributed by atoms with Crippen LogP contribution in [0.4, 0.5) is 5.69 Å². The van der Waals surface area contributed by atoms with Gasteiger partial charge in [0, 0.05) is 16.0 Å². The third kappa shape index (κ3) is 2.03. The number of halogens is 1. The van der Waals surface area contributed by atoms with Crippen LogP contribution in [0.5, 0.6) is 0 Å². The van der Waals surface area contributed by atoms with Gasteiger partial charge in [0.1, 0.15) is 5.82 Å². The Morgan fingerprint density at radius 2 is 2.06 bits per heavy atom. The van der Waals surface area contributed by atoms with Gasteiger partial charge in [0.05, 0.1) is 5.69 Å². The second kappa shape index (κ2) is 4.72. The minimum atomic E-state index is 0.541. The third-order valence-corrected chi connectivity index (χ3v) is 4.23. The molecule has 18 heavy (non-hydrogen) atoms. The molecule has 5 heteroatoms. The van der Waals surface area contributed by atoms with Gasteiger partial charge >= 0.3 is 0 Å². The van der Waals surface area contributed by atoms with Crippen molar-refractivity contribution in [3.05, 3.63) is 28.5 Å². The summed E-state index contributed by atoms with van der Waals surface area (Å²) < 4.78 is 0.882. The second-order valence-electron chi connectivity index (χ2n) is 4.73. The molecule has 1 aliphatic carbocycles. The summed E-state index contributed by atoms with van der Waals surface area (Å²) >= 11 is 3.43. The van der Waals surface area contributed by atoms with Crippen LogP contribution in [0.3, 0.4) is 0 Å². The monoisotopic (exact) mass is 306 g/mol. The van der Waals surface area contributed by atoms with E-state index < -0.39 is 0 Å². The predicted molar refractivity (Wildman–Crippen MR) is 75.1 cm³/mol. The number of aromatic amines is 1. The first-order chi connectivity index (χ1) is 8.75. The zero-order chi connectivity index (χ0) is 12.5. The van der Waals surface area contributed by atoms with E-state index in [1.165, 1.54) is 25.7 Å². The van der Waals surface area contributed by atoms with E-state index >= 15 is 0 Å². The molecule has 1 fully saturated rings. The second-order valence-corrected chi connectivity index (χ2v) is 5.58. The largest absolute Gasteiger partial charge is 0.397 e. The average molecular weight is 307 g/mol. The van der Waals surface area contributed by atoms with Crippen molar-refractivity contribution >= 4 is 21.6 Å². The first-order valence-corrected chi connectivity index (χ1v) is 7.01. The molecule has 0 bridgehead atoms. The van der Waals surface area contributed by atoms with E-state index in [4.69, 9.17) is 5.73 Å². The van der Waals surface area contributed by atoms with Crippen molar-refractivity contribution in [1.29, 1.82) is 0 Å². The summed E-state index contributed by atoms with van der Waals surface area (Å²) in [5.74, 6) is 2.23. The standard InChI is InChI=1S/C13H15BrN4/c14-10-7-3-6-9(11(10)15)13-16-12(17-18-13)8-4-1-2-5-8/h3,6-8H,1-2,4-5,15H2,(H,16,17,18). The van der Waals surface area contributed by atoms with Gasteiger partial charge in [-0.25, -0.2) is 4.98 Å². The molecule has 2 aromatic rings. The van der Waals surface area contributed by atoms with Crippen molar-refractivity contribution in [3.8, 4) is 11.4 Å². The topological polar surface area (TPSA) is 67.6 Å². The Labute approximate surface area is 114 Å². The van der Waals surface area contributed by atoms with E-state index in [2.05, 4.69) is 31.1 Å². The molecule has 1 saturated carbocycles. The Bertz CT molecular complexity index is 558. The zero-order valence-electron chi connectivity index (χ0n) is 9.99. The Morgan fingerprint density at radius 3 is 2.83 bits per heavy atom. The number of nitrogens with one attached hydrogen (secondary N) is 1. The molecule has 94 valence electrons. The summed E-state index contributed by atoms with van der Waals surface area (Å²) in [7, 11) is 0. The van der Waals surface area contributed by atoms with Crippen molar-refractivity contribution in [2.24, 2.45) is 0 Å². The lowest BCUT2D eigenvalue weighted by molar-refractivity contribution is 0.672. The summed E-state index contributed by atoms with van der Waals surface area (Å²) in [5, 5.41) is 7.36. The number of nitrogens with zero attached hydrogens (tertiary/aromatic N) is 2. The molecule has 0 atom stereocenters. The van der Waals surface area contributed by atoms with Gasteiger partial charge in [0.2, 0.25) is 0 Å². The molecular formula is C13H15BrN4. The lowest BCUT2D eigenvalue weighted by Gasteiger charge is -2.04. The number of nitrogen functional groups attached to an aromatic ring is 1. The lowest BCUT2D eigenvalue weighted by atomic mass is 10.1. The fourth-order valence-electron chi connectivity index (χ4n) is 2.51. The highest BCUT2D eigenvalue weighted by molar-refractivity contribution is 9.10. The van der Waals surface area contributed by atoms with Crippen LogP contribution in [0.25, 0.3) is 11.4 Å². The van der Waals surface area contributed by atoms with E-state index in [1.54, 1.807) is 0 Å². The van der Waals surface area contributed by atoms with Crippen molar-refractivity contribution < 1.29 is 0 Å². The molecular weight excluding hydrogens is 292 g/mol. The van der Waals surface area contributed by atoms with Gasteiger partial charge in [-0.3, -0.25) is 5.10 Å². The van der Waals surface area contributed by atoms with Gasteiger partial charge in [-0.1, -0.05) is 18.9 Å². The smallest absolute Gasteiger partial charge is 0.183 e. The van der Waals surface area contributed by atoms with Crippen molar-refractivity contribution in [3.63, 3.8) is 0 Å². The van der Waals surface area contributed by atoms with Crippen molar-refractivity contribution in [2.75, 3.05) is 5.73 Å². The highest BCUT2D eigenvalue weighted by Gasteiger charge is 2.21. The van der Waals surface area contributed by atoms with Gasteiger partial charge < -0.3 is 5.73 Å². The molecule has 4 nitrogen and oxygen atoms in total. The Kier molecular flexibility index (Phi) is 3.07. The SMILES string of the molecule is Nc1c(Br)cccc1-c1n[nH]c(C2CCCC2)n1. The first kappa shape index (κ1) is 11.7. The summed E-state index contributed by atoms with van der Waals surface area (Å²) in [6, 6.07) is 5.81. The van der Waals surface area contributed by atoms with Crippen molar-refractivity contribution in [1.82, 2.24) is 15.2 Å². The highest BCUT2D eigenvalue weighted by Crippen LogP contribution is 2.34. The van der Waals surface area contributed by atoms with Gasteiger partial charge in [-0.2, -0.15) is 5.10 Å². The fourth-order valence-corrected chi connectivity index (χ4v) is 2.87. The number of aromatic nitrogens is 3. The summed E-state index contributed by atoms with van der Waals surface area (Å²) in [5.41, 5.74) is 7.61. The van der Waals surface area contributed by atoms with E-state index in [1.807, 2.05) is 18.2 Å². The molecule has 3 N–H and O–H groups in total. The number of anilines is 1. The molecule has 0 radical (unpaired) electrons. The van der Waals surface area contributed by atoms with Crippen LogP contribution in [-0.2, 0) is 0 Å². The molecule has 0 spiro atoms. The van der Waals surface area contributed by atoms with Gasteiger partial charge in [-0.05, 0) is 40.9 Å². The number of nitrogens with two attached hydrogens (primary N) is 1. The predicted octanol–water partition coefficient (Wildman–Crippen LogP) is 3.47. The third-order valence-electron chi connectivity index (χ3n) is 3.54. The first-order valence-electron chi connectivity index (χ1n) is 6.22. The molecule has 0 aliphatic heterocycles. The van der Waals surface area contributed by atoms with Crippen molar-refractivity contribution in [2.45, 2.75) is 31.6 Å². The number of rotatable bonds is 2. The molecule has 0 unspecified atom stereocenters. The maximum Gasteiger partial charge on any atom is 0.183 e. The maximum absolute atomic E-state index is 6.04. The quantitative estimate of drug-likeness (QED) is 0.835. The maximum atomic E-state index is 6.04. The molecule has 1 aromatic heterocycles. The summed E-state index contributed by atoms with van der Waals surface area (Å²) in [4.78, 5) is 4.60. The minimum absolute atomic E-state index is 0.541. The zero-order valence-corrected chi connectivity index (χ0v) is 11.6. The molecule has 3 rings (SSSR count). The minimum Gasteiger partial charge on any atom is -0.397 e. The Balaban J connectivity index is 1.95. The van der Waals surface area contributed by atoms with Crippen LogP contribution in [-0.4, -0.2) is 15.2 Å². The number of H-pyrrole nitrogens is 1. The molecule has 1 aliphatic rings. The molecule has 0 saturated heterocycles. The number of hydrogen-bond donors (Lipinski definition) is 2. The molecule has 1 aromatic carbocycles. The van der Waals surface area contributed by atoms with Crippen LogP contribution in [0, 0.1) is 0 Å². The average Bonchev–Trinajstić information content (AvgIpc) is 3.01. The van der Waals surface area contributed by atoms with Crippen LogP contribution < -0.4 is 5.73 Å². The number of hydrogen-bond acceptors (Lipinski definition) is 3. The van der Waals surface area contributed by atoms with E-state index in [-0.39, 0.29) is 0 Å².